The van der Waals surface area contributed by atoms with E-state index < -0.39 is 5.60 Å². The molecule has 0 radical (unpaired) electrons. The van der Waals surface area contributed by atoms with Crippen molar-refractivity contribution in [1.29, 1.82) is 5.26 Å². The van der Waals surface area contributed by atoms with Gasteiger partial charge in [-0.05, 0) is 38.0 Å². The summed E-state index contributed by atoms with van der Waals surface area (Å²) in [7, 11) is 0. The molecular weight excluding hydrogens is 212 g/mol. The zero-order chi connectivity index (χ0) is 12.9. The fourth-order valence-corrected chi connectivity index (χ4v) is 1.81. The molecule has 0 heterocycles. The van der Waals surface area contributed by atoms with Crippen molar-refractivity contribution in [3.05, 3.63) is 29.3 Å². The van der Waals surface area contributed by atoms with Crippen LogP contribution in [0, 0.1) is 18.3 Å². The first-order valence-electron chi connectivity index (χ1n) is 5.95. The second-order valence-corrected chi connectivity index (χ2v) is 4.76. The van der Waals surface area contributed by atoms with Crippen LogP contribution in [0.4, 0.5) is 5.69 Å². The highest BCUT2D eigenvalue weighted by Gasteiger charge is 2.19. The Balaban J connectivity index is 2.75. The molecule has 1 aromatic rings. The summed E-state index contributed by atoms with van der Waals surface area (Å²) in [6.07, 6.45) is 1.68. The molecule has 0 fully saturated rings. The van der Waals surface area contributed by atoms with E-state index in [1.807, 2.05) is 32.9 Å². The third-order valence-corrected chi connectivity index (χ3v) is 2.74. The maximum absolute atomic E-state index is 10.1. The maximum Gasteiger partial charge on any atom is 0.101 e. The van der Waals surface area contributed by atoms with Crippen LogP contribution < -0.4 is 5.32 Å². The fourth-order valence-electron chi connectivity index (χ4n) is 1.81. The molecule has 0 aliphatic carbocycles. The van der Waals surface area contributed by atoms with Crippen LogP contribution in [0.3, 0.4) is 0 Å². The molecule has 17 heavy (non-hydrogen) atoms. The van der Waals surface area contributed by atoms with Crippen molar-refractivity contribution in [2.75, 3.05) is 11.9 Å². The molecule has 1 unspecified atom stereocenters. The van der Waals surface area contributed by atoms with Crippen LogP contribution in [0.15, 0.2) is 18.2 Å². The van der Waals surface area contributed by atoms with E-state index in [1.165, 1.54) is 0 Å². The van der Waals surface area contributed by atoms with Crippen molar-refractivity contribution in [2.24, 2.45) is 0 Å². The Hall–Kier alpha value is -1.53. The highest BCUT2D eigenvalue weighted by molar-refractivity contribution is 5.58. The van der Waals surface area contributed by atoms with Crippen molar-refractivity contribution in [2.45, 2.75) is 39.2 Å². The molecule has 92 valence electrons. The van der Waals surface area contributed by atoms with Gasteiger partial charge in [-0.2, -0.15) is 5.26 Å². The van der Waals surface area contributed by atoms with Crippen molar-refractivity contribution in [3.63, 3.8) is 0 Å². The van der Waals surface area contributed by atoms with Gasteiger partial charge in [-0.3, -0.25) is 0 Å². The van der Waals surface area contributed by atoms with Crippen molar-refractivity contribution in [1.82, 2.24) is 0 Å². The summed E-state index contributed by atoms with van der Waals surface area (Å²) in [6, 6.07) is 7.79. The van der Waals surface area contributed by atoms with E-state index >= 15 is 0 Å². The number of aryl methyl sites for hydroxylation is 1. The van der Waals surface area contributed by atoms with Crippen LogP contribution in [0.25, 0.3) is 0 Å². The first-order valence-corrected chi connectivity index (χ1v) is 5.95. The number of nitrogens with one attached hydrogen (secondary N) is 1. The molecule has 0 saturated carbocycles. The van der Waals surface area contributed by atoms with Crippen LogP contribution in [-0.2, 0) is 0 Å². The van der Waals surface area contributed by atoms with E-state index in [9.17, 15) is 5.11 Å². The second kappa shape index (κ2) is 5.70. The number of nitrogens with zero attached hydrogens (tertiary/aromatic N) is 1. The molecular formula is C14H20N2O. The van der Waals surface area contributed by atoms with Gasteiger partial charge in [-0.25, -0.2) is 0 Å². The number of hydrogen-bond acceptors (Lipinski definition) is 3. The van der Waals surface area contributed by atoms with Crippen LogP contribution in [0.1, 0.15) is 37.8 Å². The minimum absolute atomic E-state index is 0.457. The van der Waals surface area contributed by atoms with E-state index in [4.69, 9.17) is 5.26 Å². The molecule has 0 amide bonds. The van der Waals surface area contributed by atoms with Crippen molar-refractivity contribution in [3.8, 4) is 6.07 Å². The monoisotopic (exact) mass is 232 g/mol. The van der Waals surface area contributed by atoms with Crippen molar-refractivity contribution >= 4 is 5.69 Å². The maximum atomic E-state index is 10.1. The summed E-state index contributed by atoms with van der Waals surface area (Å²) >= 11 is 0. The zero-order valence-corrected chi connectivity index (χ0v) is 10.7. The van der Waals surface area contributed by atoms with Gasteiger partial charge in [0.25, 0.3) is 0 Å². The molecule has 0 aliphatic rings. The lowest BCUT2D eigenvalue weighted by Gasteiger charge is -2.24. The van der Waals surface area contributed by atoms with Gasteiger partial charge in [-0.15, -0.1) is 0 Å². The molecule has 0 saturated heterocycles. The van der Waals surface area contributed by atoms with E-state index in [0.29, 0.717) is 12.1 Å². The largest absolute Gasteiger partial charge is 0.388 e. The van der Waals surface area contributed by atoms with Crippen LogP contribution >= 0.6 is 0 Å². The summed E-state index contributed by atoms with van der Waals surface area (Å²) in [6.45, 7) is 6.29. The van der Waals surface area contributed by atoms with Gasteiger partial charge in [0.2, 0.25) is 0 Å². The Morgan fingerprint density at radius 3 is 2.76 bits per heavy atom. The van der Waals surface area contributed by atoms with Gasteiger partial charge in [0.05, 0.1) is 16.9 Å². The number of anilines is 1. The lowest BCUT2D eigenvalue weighted by Crippen LogP contribution is -2.33. The number of rotatable bonds is 5. The Bertz CT molecular complexity index is 419. The third-order valence-electron chi connectivity index (χ3n) is 2.74. The van der Waals surface area contributed by atoms with E-state index in [0.717, 1.165) is 24.1 Å². The summed E-state index contributed by atoms with van der Waals surface area (Å²) in [5.41, 5.74) is 1.78. The molecule has 0 aliphatic heterocycles. The predicted octanol–water partition coefficient (Wildman–Crippen LogP) is 2.83. The number of nitriles is 1. The summed E-state index contributed by atoms with van der Waals surface area (Å²) < 4.78 is 0. The normalized spacial score (nSPS) is 13.8. The summed E-state index contributed by atoms with van der Waals surface area (Å²) in [4.78, 5) is 0. The van der Waals surface area contributed by atoms with E-state index in [1.54, 1.807) is 6.07 Å². The van der Waals surface area contributed by atoms with E-state index in [-0.39, 0.29) is 0 Å². The van der Waals surface area contributed by atoms with Crippen LogP contribution in [0.5, 0.6) is 0 Å². The minimum atomic E-state index is -0.731. The zero-order valence-electron chi connectivity index (χ0n) is 10.7. The Kier molecular flexibility index (Phi) is 4.53. The highest BCUT2D eigenvalue weighted by atomic mass is 16.3. The molecule has 3 heteroatoms. The van der Waals surface area contributed by atoms with Crippen LogP contribution in [-0.4, -0.2) is 17.3 Å². The molecule has 2 N–H and O–H groups in total. The van der Waals surface area contributed by atoms with Gasteiger partial charge >= 0.3 is 0 Å². The first-order chi connectivity index (χ1) is 7.98. The SMILES string of the molecule is CCCC(C)(O)CNc1cc(C)ccc1C#N. The molecule has 1 aromatic carbocycles. The van der Waals surface area contributed by atoms with Crippen molar-refractivity contribution < 1.29 is 5.11 Å². The summed E-state index contributed by atoms with van der Waals surface area (Å²) in [5, 5.41) is 22.2. The average molecular weight is 232 g/mol. The lowest BCUT2D eigenvalue weighted by molar-refractivity contribution is 0.0637. The molecule has 0 aromatic heterocycles. The number of hydrogen-bond donors (Lipinski definition) is 2. The quantitative estimate of drug-likeness (QED) is 0.820. The van der Waals surface area contributed by atoms with Crippen LogP contribution in [0.2, 0.25) is 0 Å². The number of aliphatic hydroxyl groups is 1. The highest BCUT2D eigenvalue weighted by Crippen LogP contribution is 2.19. The third kappa shape index (κ3) is 4.08. The lowest BCUT2D eigenvalue weighted by atomic mass is 10.0. The van der Waals surface area contributed by atoms with Gasteiger partial charge in [0, 0.05) is 6.54 Å². The topological polar surface area (TPSA) is 56.0 Å². The molecule has 1 rings (SSSR count). The molecule has 3 nitrogen and oxygen atoms in total. The number of benzene rings is 1. The first kappa shape index (κ1) is 13.5. The van der Waals surface area contributed by atoms with Gasteiger partial charge in [-0.1, -0.05) is 19.4 Å². The fraction of sp³-hybridized carbons (Fsp3) is 0.500. The second-order valence-electron chi connectivity index (χ2n) is 4.76. The molecule has 1 atom stereocenters. The van der Waals surface area contributed by atoms with Gasteiger partial charge in [0.15, 0.2) is 0 Å². The molecule has 0 spiro atoms. The Morgan fingerprint density at radius 1 is 1.47 bits per heavy atom. The average Bonchev–Trinajstić information content (AvgIpc) is 2.27. The standard InChI is InChI=1S/C14H20N2O/c1-4-7-14(3,17)10-16-13-8-11(2)5-6-12(13)9-15/h5-6,8,16-17H,4,7,10H2,1-3H3. The van der Waals surface area contributed by atoms with E-state index in [2.05, 4.69) is 11.4 Å². The smallest absolute Gasteiger partial charge is 0.101 e. The Labute approximate surface area is 103 Å². The summed E-state index contributed by atoms with van der Waals surface area (Å²) in [5.74, 6) is 0. The molecule has 0 bridgehead atoms. The van der Waals surface area contributed by atoms with Gasteiger partial charge < -0.3 is 10.4 Å². The predicted molar refractivity (Wildman–Crippen MR) is 69.9 cm³/mol. The minimum Gasteiger partial charge on any atom is -0.388 e. The Morgan fingerprint density at radius 2 is 2.18 bits per heavy atom. The van der Waals surface area contributed by atoms with Gasteiger partial charge in [0.1, 0.15) is 6.07 Å².